The molecule has 1 aliphatic carbocycles. The summed E-state index contributed by atoms with van der Waals surface area (Å²) in [6.07, 6.45) is 4.90. The first kappa shape index (κ1) is 12.0. The van der Waals surface area contributed by atoms with E-state index in [4.69, 9.17) is 10.00 Å². The SMILES string of the molecule is CCc1ccc(OCC2(C#N)CC2)c2nn(C)cc12. The van der Waals surface area contributed by atoms with E-state index >= 15 is 0 Å². The zero-order valence-electron chi connectivity index (χ0n) is 11.3. The largest absolute Gasteiger partial charge is 0.490 e. The van der Waals surface area contributed by atoms with Gasteiger partial charge in [-0.3, -0.25) is 4.68 Å². The summed E-state index contributed by atoms with van der Waals surface area (Å²) in [7, 11) is 1.92. The molecule has 1 fully saturated rings. The number of hydrogen-bond acceptors (Lipinski definition) is 3. The molecule has 0 saturated heterocycles. The van der Waals surface area contributed by atoms with Crippen LogP contribution in [0.15, 0.2) is 18.3 Å². The van der Waals surface area contributed by atoms with Gasteiger partial charge in [-0.15, -0.1) is 0 Å². The molecule has 1 saturated carbocycles. The maximum Gasteiger partial charge on any atom is 0.147 e. The highest BCUT2D eigenvalue weighted by molar-refractivity contribution is 5.87. The van der Waals surface area contributed by atoms with Crippen LogP contribution in [0.3, 0.4) is 0 Å². The summed E-state index contributed by atoms with van der Waals surface area (Å²) >= 11 is 0. The van der Waals surface area contributed by atoms with Gasteiger partial charge in [-0.2, -0.15) is 10.4 Å². The Kier molecular flexibility index (Phi) is 2.70. The second-order valence-electron chi connectivity index (χ2n) is 5.32. The Labute approximate surface area is 112 Å². The molecular formula is C15H17N3O. The van der Waals surface area contributed by atoms with Crippen molar-refractivity contribution in [1.29, 1.82) is 5.26 Å². The van der Waals surface area contributed by atoms with Crippen LogP contribution >= 0.6 is 0 Å². The van der Waals surface area contributed by atoms with Crippen molar-refractivity contribution in [3.63, 3.8) is 0 Å². The number of rotatable bonds is 4. The van der Waals surface area contributed by atoms with E-state index in [9.17, 15) is 0 Å². The van der Waals surface area contributed by atoms with Crippen LogP contribution in [-0.2, 0) is 13.5 Å². The van der Waals surface area contributed by atoms with E-state index in [1.807, 2.05) is 24.0 Å². The van der Waals surface area contributed by atoms with Gasteiger partial charge < -0.3 is 4.74 Å². The third-order valence-corrected chi connectivity index (χ3v) is 3.82. The molecule has 0 spiro atoms. The van der Waals surface area contributed by atoms with Crippen LogP contribution in [-0.4, -0.2) is 16.4 Å². The highest BCUT2D eigenvalue weighted by Crippen LogP contribution is 2.45. The lowest BCUT2D eigenvalue weighted by Gasteiger charge is -2.10. The summed E-state index contributed by atoms with van der Waals surface area (Å²) in [5.74, 6) is 0.786. The fourth-order valence-electron chi connectivity index (χ4n) is 2.33. The first-order chi connectivity index (χ1) is 9.17. The van der Waals surface area contributed by atoms with Gasteiger partial charge in [0, 0.05) is 18.6 Å². The Bertz CT molecular complexity index is 662. The Morgan fingerprint density at radius 3 is 2.89 bits per heavy atom. The van der Waals surface area contributed by atoms with Gasteiger partial charge in [0.1, 0.15) is 17.9 Å². The molecule has 4 heteroatoms. The average molecular weight is 255 g/mol. The lowest BCUT2D eigenvalue weighted by atomic mass is 10.1. The molecule has 1 aromatic carbocycles. The number of nitrogens with zero attached hydrogens (tertiary/aromatic N) is 3. The first-order valence-corrected chi connectivity index (χ1v) is 6.67. The number of aryl methyl sites for hydroxylation is 2. The monoisotopic (exact) mass is 255 g/mol. The highest BCUT2D eigenvalue weighted by Gasteiger charge is 2.44. The Morgan fingerprint density at radius 1 is 1.47 bits per heavy atom. The number of hydrogen-bond donors (Lipinski definition) is 0. The lowest BCUT2D eigenvalue weighted by molar-refractivity contribution is 0.271. The van der Waals surface area contributed by atoms with Crippen LogP contribution in [0.1, 0.15) is 25.3 Å². The van der Waals surface area contributed by atoms with Gasteiger partial charge >= 0.3 is 0 Å². The molecule has 4 nitrogen and oxygen atoms in total. The van der Waals surface area contributed by atoms with E-state index in [-0.39, 0.29) is 5.41 Å². The summed E-state index contributed by atoms with van der Waals surface area (Å²) in [5.41, 5.74) is 1.93. The van der Waals surface area contributed by atoms with Crippen molar-refractivity contribution in [2.45, 2.75) is 26.2 Å². The number of aromatic nitrogens is 2. The fraction of sp³-hybridized carbons (Fsp3) is 0.467. The molecular weight excluding hydrogens is 238 g/mol. The van der Waals surface area contributed by atoms with Gasteiger partial charge in [-0.1, -0.05) is 13.0 Å². The van der Waals surface area contributed by atoms with Crippen LogP contribution in [0.4, 0.5) is 0 Å². The molecule has 0 N–H and O–H groups in total. The molecule has 19 heavy (non-hydrogen) atoms. The summed E-state index contributed by atoms with van der Waals surface area (Å²) in [6, 6.07) is 6.41. The number of ether oxygens (including phenoxy) is 1. The predicted octanol–water partition coefficient (Wildman–Crippen LogP) is 2.82. The number of fused-ring (bicyclic) bond motifs is 1. The molecule has 0 atom stereocenters. The molecule has 1 aromatic heterocycles. The zero-order chi connectivity index (χ0) is 13.5. The summed E-state index contributed by atoms with van der Waals surface area (Å²) in [6.45, 7) is 2.61. The zero-order valence-corrected chi connectivity index (χ0v) is 11.3. The Balaban J connectivity index is 1.93. The highest BCUT2D eigenvalue weighted by atomic mass is 16.5. The van der Waals surface area contributed by atoms with Crippen LogP contribution in [0.5, 0.6) is 5.75 Å². The molecule has 2 aromatic rings. The van der Waals surface area contributed by atoms with E-state index in [0.717, 1.165) is 35.9 Å². The maximum atomic E-state index is 9.08. The second kappa shape index (κ2) is 4.27. The molecule has 0 unspecified atom stereocenters. The molecule has 0 aliphatic heterocycles. The van der Waals surface area contributed by atoms with E-state index < -0.39 is 0 Å². The first-order valence-electron chi connectivity index (χ1n) is 6.67. The smallest absolute Gasteiger partial charge is 0.147 e. The topological polar surface area (TPSA) is 50.8 Å². The van der Waals surface area contributed by atoms with Crippen molar-refractivity contribution in [2.24, 2.45) is 12.5 Å². The maximum absolute atomic E-state index is 9.08. The van der Waals surface area contributed by atoms with Gasteiger partial charge in [-0.05, 0) is 30.9 Å². The van der Waals surface area contributed by atoms with Crippen molar-refractivity contribution in [3.8, 4) is 11.8 Å². The number of benzene rings is 1. The van der Waals surface area contributed by atoms with Crippen LogP contribution in [0.2, 0.25) is 0 Å². The van der Waals surface area contributed by atoms with Crippen molar-refractivity contribution >= 4 is 10.9 Å². The van der Waals surface area contributed by atoms with Gasteiger partial charge in [0.15, 0.2) is 0 Å². The van der Waals surface area contributed by atoms with Crippen molar-refractivity contribution in [3.05, 3.63) is 23.9 Å². The predicted molar refractivity (Wildman–Crippen MR) is 72.9 cm³/mol. The van der Waals surface area contributed by atoms with Crippen LogP contribution < -0.4 is 4.74 Å². The molecule has 3 rings (SSSR count). The molecule has 0 radical (unpaired) electrons. The normalized spacial score (nSPS) is 16.3. The van der Waals surface area contributed by atoms with Crippen molar-refractivity contribution < 1.29 is 4.74 Å². The van der Waals surface area contributed by atoms with Gasteiger partial charge in [-0.25, -0.2) is 0 Å². The lowest BCUT2D eigenvalue weighted by Crippen LogP contribution is -2.10. The minimum Gasteiger partial charge on any atom is -0.490 e. The van der Waals surface area contributed by atoms with Crippen LogP contribution in [0, 0.1) is 16.7 Å². The average Bonchev–Trinajstić information content (AvgIpc) is 3.10. The van der Waals surface area contributed by atoms with Crippen LogP contribution in [0.25, 0.3) is 10.9 Å². The summed E-state index contributed by atoms with van der Waals surface area (Å²) in [5, 5.41) is 14.7. The van der Waals surface area contributed by atoms with E-state index in [0.29, 0.717) is 6.61 Å². The molecule has 1 heterocycles. The minimum absolute atomic E-state index is 0.246. The third kappa shape index (κ3) is 2.06. The number of nitriles is 1. The molecule has 98 valence electrons. The van der Waals surface area contributed by atoms with Gasteiger partial charge in [0.25, 0.3) is 0 Å². The van der Waals surface area contributed by atoms with E-state index in [1.54, 1.807) is 0 Å². The molecule has 0 amide bonds. The molecule has 0 bridgehead atoms. The van der Waals surface area contributed by atoms with Crippen molar-refractivity contribution in [1.82, 2.24) is 9.78 Å². The summed E-state index contributed by atoms with van der Waals surface area (Å²) in [4.78, 5) is 0. The van der Waals surface area contributed by atoms with E-state index in [1.165, 1.54) is 5.56 Å². The Hall–Kier alpha value is -2.02. The van der Waals surface area contributed by atoms with E-state index in [2.05, 4.69) is 24.2 Å². The third-order valence-electron chi connectivity index (χ3n) is 3.82. The Morgan fingerprint density at radius 2 is 2.26 bits per heavy atom. The standard InChI is InChI=1S/C15H17N3O/c1-3-11-4-5-13(14-12(11)8-18(2)17-14)19-10-15(9-16)6-7-15/h4-5,8H,3,6-7,10H2,1-2H3. The summed E-state index contributed by atoms with van der Waals surface area (Å²) < 4.78 is 7.67. The fourth-order valence-corrected chi connectivity index (χ4v) is 2.33. The van der Waals surface area contributed by atoms with Gasteiger partial charge in [0.2, 0.25) is 0 Å². The quantitative estimate of drug-likeness (QED) is 0.844. The van der Waals surface area contributed by atoms with Gasteiger partial charge in [0.05, 0.1) is 11.5 Å². The van der Waals surface area contributed by atoms with Crippen molar-refractivity contribution in [2.75, 3.05) is 6.61 Å². The second-order valence-corrected chi connectivity index (χ2v) is 5.32. The minimum atomic E-state index is -0.246. The molecule has 1 aliphatic rings.